The van der Waals surface area contributed by atoms with Gasteiger partial charge >= 0.3 is 12.1 Å². The lowest BCUT2D eigenvalue weighted by molar-refractivity contribution is -0.540. The lowest BCUT2D eigenvalue weighted by Crippen LogP contribution is -2.44. The van der Waals surface area contributed by atoms with Crippen molar-refractivity contribution in [2.75, 3.05) is 11.5 Å². The maximum atomic E-state index is 13.4. The molecule has 1 aliphatic carbocycles. The zero-order chi connectivity index (χ0) is 21.1. The first kappa shape index (κ1) is 19.8. The standard InChI is InChI=1S/C19H22N2O7/c1-6-27-14(22)13-18(5,21(25)26)19(13)11-9-7-8-10-12(11)20(15(19)23)16(24)28-17(2,3)4/h7-10,13H,6H2,1-5H3/t13-,18?,19+/m0/s1. The Hall–Kier alpha value is -2.97. The van der Waals surface area contributed by atoms with Crippen molar-refractivity contribution in [1.82, 2.24) is 0 Å². The minimum Gasteiger partial charge on any atom is -0.466 e. The fourth-order valence-corrected chi connectivity index (χ4v) is 4.15. The van der Waals surface area contributed by atoms with Gasteiger partial charge < -0.3 is 9.47 Å². The molecular weight excluding hydrogens is 368 g/mol. The SMILES string of the molecule is CCOC(=O)[C@H]1C(C)([N+](=O)[O-])[C@@]12C(=O)N(C(=O)OC(C)(C)C)c1ccccc12. The lowest BCUT2D eigenvalue weighted by atomic mass is 9.91. The number of para-hydroxylation sites is 1. The molecule has 0 saturated heterocycles. The number of anilines is 1. The van der Waals surface area contributed by atoms with Gasteiger partial charge in [0.05, 0.1) is 12.3 Å². The number of nitro groups is 1. The molecule has 1 aliphatic heterocycles. The van der Waals surface area contributed by atoms with E-state index >= 15 is 0 Å². The number of fused-ring (bicyclic) bond motifs is 2. The number of amides is 2. The molecule has 9 heteroatoms. The molecule has 1 saturated carbocycles. The van der Waals surface area contributed by atoms with Crippen LogP contribution in [0.1, 0.15) is 40.2 Å². The third-order valence-corrected chi connectivity index (χ3v) is 5.30. The van der Waals surface area contributed by atoms with E-state index in [4.69, 9.17) is 9.47 Å². The van der Waals surface area contributed by atoms with Crippen LogP contribution in [-0.4, -0.2) is 40.6 Å². The highest BCUT2D eigenvalue weighted by Gasteiger charge is 2.94. The summed E-state index contributed by atoms with van der Waals surface area (Å²) in [5, 5.41) is 11.9. The van der Waals surface area contributed by atoms with Gasteiger partial charge in [-0.15, -0.1) is 0 Å². The second kappa shape index (κ2) is 6.02. The average molecular weight is 390 g/mol. The van der Waals surface area contributed by atoms with Gasteiger partial charge in [0.2, 0.25) is 0 Å². The van der Waals surface area contributed by atoms with Crippen LogP contribution >= 0.6 is 0 Å². The summed E-state index contributed by atoms with van der Waals surface area (Å²) < 4.78 is 10.3. The van der Waals surface area contributed by atoms with Crippen LogP contribution in [0.15, 0.2) is 24.3 Å². The summed E-state index contributed by atoms with van der Waals surface area (Å²) in [6.45, 7) is 7.77. The topological polar surface area (TPSA) is 116 Å². The highest BCUT2D eigenvalue weighted by molar-refractivity contribution is 6.25. The van der Waals surface area contributed by atoms with Crippen molar-refractivity contribution in [1.29, 1.82) is 0 Å². The molecule has 1 fully saturated rings. The molecule has 2 aliphatic rings. The Morgan fingerprint density at radius 1 is 1.29 bits per heavy atom. The summed E-state index contributed by atoms with van der Waals surface area (Å²) in [5.41, 5.74) is -4.18. The van der Waals surface area contributed by atoms with Crippen molar-refractivity contribution < 1.29 is 28.8 Å². The molecule has 0 bridgehead atoms. The third-order valence-electron chi connectivity index (χ3n) is 5.30. The van der Waals surface area contributed by atoms with Crippen LogP contribution in [0.4, 0.5) is 10.5 Å². The van der Waals surface area contributed by atoms with Crippen LogP contribution in [0.25, 0.3) is 0 Å². The van der Waals surface area contributed by atoms with Gasteiger partial charge in [0.1, 0.15) is 5.60 Å². The molecule has 3 rings (SSSR count). The van der Waals surface area contributed by atoms with E-state index in [1.165, 1.54) is 19.1 Å². The molecule has 0 radical (unpaired) electrons. The molecule has 0 N–H and O–H groups in total. The number of ether oxygens (including phenoxy) is 2. The third kappa shape index (κ3) is 2.35. The molecule has 2 amide bonds. The Labute approximate surface area is 161 Å². The van der Waals surface area contributed by atoms with E-state index in [1.807, 2.05) is 0 Å². The van der Waals surface area contributed by atoms with Gasteiger partial charge in [-0.2, -0.15) is 0 Å². The van der Waals surface area contributed by atoms with E-state index in [1.54, 1.807) is 39.8 Å². The molecule has 1 aromatic rings. The molecular formula is C19H22N2O7. The zero-order valence-corrected chi connectivity index (χ0v) is 16.3. The molecule has 150 valence electrons. The van der Waals surface area contributed by atoms with Crippen LogP contribution in [0.2, 0.25) is 0 Å². The number of hydrogen-bond donors (Lipinski definition) is 0. The smallest absolute Gasteiger partial charge is 0.421 e. The normalized spacial score (nSPS) is 28.1. The fraction of sp³-hybridized carbons (Fsp3) is 0.526. The minimum atomic E-state index is -1.93. The van der Waals surface area contributed by atoms with Crippen LogP contribution in [0.3, 0.4) is 0 Å². The summed E-state index contributed by atoms with van der Waals surface area (Å²) in [4.78, 5) is 50.8. The molecule has 28 heavy (non-hydrogen) atoms. The fourth-order valence-electron chi connectivity index (χ4n) is 4.15. The average Bonchev–Trinajstić information content (AvgIpc) is 3.06. The second-order valence-electron chi connectivity index (χ2n) is 8.04. The van der Waals surface area contributed by atoms with Crippen molar-refractivity contribution in [3.63, 3.8) is 0 Å². The van der Waals surface area contributed by atoms with Gasteiger partial charge in [-0.3, -0.25) is 19.7 Å². The summed E-state index contributed by atoms with van der Waals surface area (Å²) >= 11 is 0. The summed E-state index contributed by atoms with van der Waals surface area (Å²) in [5.74, 6) is -3.02. The van der Waals surface area contributed by atoms with Crippen molar-refractivity contribution >= 4 is 23.7 Å². The molecule has 9 nitrogen and oxygen atoms in total. The number of esters is 1. The molecule has 0 aromatic heterocycles. The van der Waals surface area contributed by atoms with Gasteiger partial charge in [-0.1, -0.05) is 18.2 Å². The van der Waals surface area contributed by atoms with Gasteiger partial charge in [-0.05, 0) is 33.8 Å². The molecule has 3 atom stereocenters. The summed E-state index contributed by atoms with van der Waals surface area (Å²) in [6.07, 6.45) is -0.943. The van der Waals surface area contributed by atoms with Gasteiger partial charge in [0, 0.05) is 17.4 Å². The first-order valence-electron chi connectivity index (χ1n) is 8.92. The summed E-state index contributed by atoms with van der Waals surface area (Å²) in [7, 11) is 0. The van der Waals surface area contributed by atoms with Gasteiger partial charge in [-0.25, -0.2) is 9.69 Å². The zero-order valence-electron chi connectivity index (χ0n) is 16.3. The Morgan fingerprint density at radius 2 is 1.89 bits per heavy atom. The van der Waals surface area contributed by atoms with E-state index in [9.17, 15) is 24.5 Å². The van der Waals surface area contributed by atoms with Gasteiger partial charge in [0.25, 0.3) is 11.4 Å². The number of rotatable bonds is 3. The van der Waals surface area contributed by atoms with Crippen molar-refractivity contribution in [3.05, 3.63) is 39.9 Å². The number of carbonyl (C=O) groups excluding carboxylic acids is 3. The Morgan fingerprint density at radius 3 is 2.43 bits per heavy atom. The van der Waals surface area contributed by atoms with Crippen molar-refractivity contribution in [3.8, 4) is 0 Å². The maximum absolute atomic E-state index is 13.4. The Balaban J connectivity index is 2.17. The Kier molecular flexibility index (Phi) is 4.25. The molecule has 1 unspecified atom stereocenters. The van der Waals surface area contributed by atoms with Crippen LogP contribution in [0, 0.1) is 16.0 Å². The van der Waals surface area contributed by atoms with Crippen molar-refractivity contribution in [2.24, 2.45) is 5.92 Å². The first-order chi connectivity index (χ1) is 12.9. The van der Waals surface area contributed by atoms with Gasteiger partial charge in [0.15, 0.2) is 11.3 Å². The van der Waals surface area contributed by atoms with E-state index in [0.717, 1.165) is 4.90 Å². The van der Waals surface area contributed by atoms with Crippen LogP contribution < -0.4 is 4.90 Å². The minimum absolute atomic E-state index is 0.0187. The largest absolute Gasteiger partial charge is 0.466 e. The lowest BCUT2D eigenvalue weighted by Gasteiger charge is -2.24. The number of imide groups is 1. The predicted molar refractivity (Wildman–Crippen MR) is 97.4 cm³/mol. The molecule has 1 spiro atoms. The van der Waals surface area contributed by atoms with E-state index in [0.29, 0.717) is 0 Å². The number of nitrogens with zero attached hydrogens (tertiary/aromatic N) is 2. The highest BCUT2D eigenvalue weighted by Crippen LogP contribution is 2.70. The Bertz CT molecular complexity index is 891. The highest BCUT2D eigenvalue weighted by atomic mass is 16.6. The van der Waals surface area contributed by atoms with E-state index in [-0.39, 0.29) is 17.9 Å². The first-order valence-corrected chi connectivity index (χ1v) is 8.92. The second-order valence-corrected chi connectivity index (χ2v) is 8.04. The van der Waals surface area contributed by atoms with Crippen LogP contribution in [-0.2, 0) is 24.5 Å². The van der Waals surface area contributed by atoms with Crippen molar-refractivity contribution in [2.45, 2.75) is 51.2 Å². The van der Waals surface area contributed by atoms with Crippen LogP contribution in [0.5, 0.6) is 0 Å². The predicted octanol–water partition coefficient (Wildman–Crippen LogP) is 2.43. The number of carbonyl (C=O) groups is 3. The monoisotopic (exact) mass is 390 g/mol. The van der Waals surface area contributed by atoms with E-state index in [2.05, 4.69) is 0 Å². The number of benzene rings is 1. The summed E-state index contributed by atoms with van der Waals surface area (Å²) in [6, 6.07) is 6.24. The quantitative estimate of drug-likeness (QED) is 0.442. The number of hydrogen-bond acceptors (Lipinski definition) is 7. The molecule has 1 aromatic carbocycles. The maximum Gasteiger partial charge on any atom is 0.421 e. The van der Waals surface area contributed by atoms with E-state index < -0.39 is 45.4 Å². The molecule has 1 heterocycles.